The maximum atomic E-state index is 13.3. The van der Waals surface area contributed by atoms with Crippen molar-refractivity contribution in [3.8, 4) is 17.0 Å². The molecule has 0 spiro atoms. The van der Waals surface area contributed by atoms with E-state index in [1.807, 2.05) is 13.8 Å². The predicted octanol–water partition coefficient (Wildman–Crippen LogP) is 3.86. The number of hydrogen-bond acceptors (Lipinski definition) is 6. The van der Waals surface area contributed by atoms with E-state index in [1.54, 1.807) is 32.0 Å². The molecule has 0 unspecified atom stereocenters. The van der Waals surface area contributed by atoms with Crippen molar-refractivity contribution in [2.45, 2.75) is 39.8 Å². The lowest BCUT2D eigenvalue weighted by molar-refractivity contribution is 0.0932. The molecular formula is C20H21FN4O3. The molecule has 1 N–H and O–H groups in total. The number of amides is 1. The second kappa shape index (κ2) is 8.16. The summed E-state index contributed by atoms with van der Waals surface area (Å²) < 4.78 is 24.1. The van der Waals surface area contributed by atoms with Gasteiger partial charge in [0.15, 0.2) is 5.82 Å². The van der Waals surface area contributed by atoms with E-state index in [0.717, 1.165) is 0 Å². The molecule has 2 aromatic heterocycles. The molecule has 0 aliphatic heterocycles. The minimum Gasteiger partial charge on any atom is -0.475 e. The molecule has 2 heterocycles. The summed E-state index contributed by atoms with van der Waals surface area (Å²) in [6, 6.07) is 7.13. The summed E-state index contributed by atoms with van der Waals surface area (Å²) in [4.78, 5) is 21.1. The highest BCUT2D eigenvalue weighted by Gasteiger charge is 2.19. The van der Waals surface area contributed by atoms with Crippen molar-refractivity contribution >= 4 is 5.91 Å². The Hall–Kier alpha value is -3.29. The van der Waals surface area contributed by atoms with Crippen LogP contribution in [-0.4, -0.2) is 27.1 Å². The zero-order valence-corrected chi connectivity index (χ0v) is 16.1. The molecule has 0 bridgehead atoms. The van der Waals surface area contributed by atoms with Crippen LogP contribution in [0.2, 0.25) is 0 Å². The molecule has 8 heteroatoms. The summed E-state index contributed by atoms with van der Waals surface area (Å²) in [6.07, 6.45) is 1.33. The number of nitrogens with zero attached hydrogens (tertiary/aromatic N) is 3. The van der Waals surface area contributed by atoms with E-state index < -0.39 is 6.04 Å². The Morgan fingerprint density at radius 2 is 1.93 bits per heavy atom. The number of carbonyl (C=O) groups excluding carboxylic acids is 1. The predicted molar refractivity (Wildman–Crippen MR) is 100 cm³/mol. The number of nitrogens with one attached hydrogen (secondary N) is 1. The van der Waals surface area contributed by atoms with Gasteiger partial charge in [-0.2, -0.15) is 4.98 Å². The van der Waals surface area contributed by atoms with Crippen molar-refractivity contribution in [2.24, 2.45) is 0 Å². The van der Waals surface area contributed by atoms with Gasteiger partial charge in [0.25, 0.3) is 5.91 Å². The highest BCUT2D eigenvalue weighted by Crippen LogP contribution is 2.30. The third-order valence-corrected chi connectivity index (χ3v) is 3.88. The van der Waals surface area contributed by atoms with E-state index in [4.69, 9.17) is 9.26 Å². The second-order valence-electron chi connectivity index (χ2n) is 6.63. The van der Waals surface area contributed by atoms with E-state index in [1.165, 1.54) is 18.3 Å². The van der Waals surface area contributed by atoms with E-state index in [-0.39, 0.29) is 17.8 Å². The number of ether oxygens (including phenoxy) is 1. The molecule has 0 saturated heterocycles. The van der Waals surface area contributed by atoms with Crippen LogP contribution < -0.4 is 10.1 Å². The van der Waals surface area contributed by atoms with Gasteiger partial charge < -0.3 is 14.6 Å². The smallest absolute Gasteiger partial charge is 0.253 e. The fraction of sp³-hybridized carbons (Fsp3) is 0.300. The van der Waals surface area contributed by atoms with Crippen LogP contribution in [0.1, 0.15) is 48.9 Å². The number of rotatable bonds is 6. The van der Waals surface area contributed by atoms with Crippen LogP contribution >= 0.6 is 0 Å². The van der Waals surface area contributed by atoms with E-state index >= 15 is 0 Å². The molecule has 0 aliphatic rings. The maximum absolute atomic E-state index is 13.3. The standard InChI is InChI=1S/C20H21FN4O3/c1-11(2)27-20-17(14-5-7-16(21)8-6-14)9-15(10-22-20)18(26)23-12(3)19-24-13(4)25-28-19/h5-12H,1-4H3,(H,23,26)/t12-/m1/s1. The number of pyridine rings is 1. The minimum atomic E-state index is -0.463. The Labute approximate surface area is 161 Å². The lowest BCUT2D eigenvalue weighted by atomic mass is 10.0. The molecule has 1 atom stereocenters. The van der Waals surface area contributed by atoms with Crippen LogP contribution in [0.3, 0.4) is 0 Å². The second-order valence-corrected chi connectivity index (χ2v) is 6.63. The third kappa shape index (κ3) is 4.51. The first-order valence-electron chi connectivity index (χ1n) is 8.87. The molecule has 3 aromatic rings. The number of carbonyl (C=O) groups is 1. The van der Waals surface area contributed by atoms with E-state index in [0.29, 0.717) is 34.3 Å². The summed E-state index contributed by atoms with van der Waals surface area (Å²) >= 11 is 0. The molecule has 0 fully saturated rings. The third-order valence-electron chi connectivity index (χ3n) is 3.88. The lowest BCUT2D eigenvalue weighted by Crippen LogP contribution is -2.27. The summed E-state index contributed by atoms with van der Waals surface area (Å²) in [5, 5.41) is 6.52. The largest absolute Gasteiger partial charge is 0.475 e. The Bertz CT molecular complexity index is 970. The Morgan fingerprint density at radius 1 is 1.21 bits per heavy atom. The van der Waals surface area contributed by atoms with Crippen LogP contribution in [0.15, 0.2) is 41.1 Å². The van der Waals surface area contributed by atoms with E-state index in [2.05, 4.69) is 20.4 Å². The summed E-state index contributed by atoms with van der Waals surface area (Å²) in [5.41, 5.74) is 1.63. The zero-order valence-electron chi connectivity index (χ0n) is 16.1. The average molecular weight is 384 g/mol. The van der Waals surface area contributed by atoms with Crippen molar-refractivity contribution in [1.82, 2.24) is 20.4 Å². The molecule has 0 saturated carbocycles. The van der Waals surface area contributed by atoms with Crippen LogP contribution in [-0.2, 0) is 0 Å². The lowest BCUT2D eigenvalue weighted by Gasteiger charge is -2.15. The molecular weight excluding hydrogens is 363 g/mol. The monoisotopic (exact) mass is 384 g/mol. The minimum absolute atomic E-state index is 0.104. The summed E-state index contributed by atoms with van der Waals surface area (Å²) in [5.74, 6) is 0.485. The fourth-order valence-electron chi connectivity index (χ4n) is 2.56. The molecule has 1 amide bonds. The molecule has 1 aromatic carbocycles. The maximum Gasteiger partial charge on any atom is 0.253 e. The SMILES string of the molecule is Cc1noc([C@@H](C)NC(=O)c2cnc(OC(C)C)c(-c3ccc(F)cc3)c2)n1. The summed E-state index contributed by atoms with van der Waals surface area (Å²) in [7, 11) is 0. The molecule has 3 rings (SSSR count). The number of aryl methyl sites for hydroxylation is 1. The zero-order chi connectivity index (χ0) is 20.3. The quantitative estimate of drug-likeness (QED) is 0.694. The van der Waals surface area contributed by atoms with Gasteiger partial charge in [-0.25, -0.2) is 9.37 Å². The highest BCUT2D eigenvalue weighted by molar-refractivity contribution is 5.95. The Kier molecular flexibility index (Phi) is 5.67. The Morgan fingerprint density at radius 3 is 2.54 bits per heavy atom. The molecule has 7 nitrogen and oxygen atoms in total. The van der Waals surface area contributed by atoms with Gasteiger partial charge in [-0.05, 0) is 51.5 Å². The Balaban J connectivity index is 1.89. The van der Waals surface area contributed by atoms with Crippen molar-refractivity contribution < 1.29 is 18.4 Å². The van der Waals surface area contributed by atoms with Crippen molar-refractivity contribution in [3.63, 3.8) is 0 Å². The van der Waals surface area contributed by atoms with Gasteiger partial charge in [0.1, 0.15) is 11.9 Å². The van der Waals surface area contributed by atoms with Crippen LogP contribution in [0.5, 0.6) is 5.88 Å². The number of aromatic nitrogens is 3. The fourth-order valence-corrected chi connectivity index (χ4v) is 2.56. The number of benzene rings is 1. The van der Waals surface area contributed by atoms with Gasteiger partial charge >= 0.3 is 0 Å². The average Bonchev–Trinajstić information content (AvgIpc) is 3.09. The van der Waals surface area contributed by atoms with Crippen LogP contribution in [0.4, 0.5) is 4.39 Å². The van der Waals surface area contributed by atoms with E-state index in [9.17, 15) is 9.18 Å². The molecule has 0 aliphatic carbocycles. The normalized spacial score (nSPS) is 12.1. The molecule has 28 heavy (non-hydrogen) atoms. The van der Waals surface area contributed by atoms with Gasteiger partial charge in [0.2, 0.25) is 11.8 Å². The molecule has 0 radical (unpaired) electrons. The summed E-state index contributed by atoms with van der Waals surface area (Å²) in [6.45, 7) is 7.21. The molecule has 146 valence electrons. The van der Waals surface area contributed by atoms with Gasteiger partial charge in [-0.3, -0.25) is 4.79 Å². The van der Waals surface area contributed by atoms with Crippen LogP contribution in [0, 0.1) is 12.7 Å². The van der Waals surface area contributed by atoms with Gasteiger partial charge in [-0.15, -0.1) is 0 Å². The topological polar surface area (TPSA) is 90.1 Å². The van der Waals surface area contributed by atoms with Crippen molar-refractivity contribution in [2.75, 3.05) is 0 Å². The van der Waals surface area contributed by atoms with Crippen molar-refractivity contribution in [1.29, 1.82) is 0 Å². The number of hydrogen-bond donors (Lipinski definition) is 1. The van der Waals surface area contributed by atoms with Gasteiger partial charge in [0, 0.05) is 11.8 Å². The first kappa shape index (κ1) is 19.5. The number of halogens is 1. The van der Waals surface area contributed by atoms with Gasteiger partial charge in [0.05, 0.1) is 11.7 Å². The van der Waals surface area contributed by atoms with Crippen LogP contribution in [0.25, 0.3) is 11.1 Å². The first-order valence-corrected chi connectivity index (χ1v) is 8.87. The van der Waals surface area contributed by atoms with Crippen molar-refractivity contribution in [3.05, 3.63) is 59.6 Å². The van der Waals surface area contributed by atoms with Gasteiger partial charge in [-0.1, -0.05) is 17.3 Å². The first-order chi connectivity index (χ1) is 13.3. The highest BCUT2D eigenvalue weighted by atomic mass is 19.1.